The number of aliphatic hydroxyl groups is 1. The lowest BCUT2D eigenvalue weighted by Crippen LogP contribution is -2.27. The summed E-state index contributed by atoms with van der Waals surface area (Å²) in [7, 11) is 0. The van der Waals surface area contributed by atoms with Crippen LogP contribution in [-0.4, -0.2) is 24.2 Å². The molecule has 0 aliphatic carbocycles. The first-order valence-corrected chi connectivity index (χ1v) is 5.98. The van der Waals surface area contributed by atoms with Gasteiger partial charge in [-0.05, 0) is 19.4 Å². The van der Waals surface area contributed by atoms with E-state index >= 15 is 0 Å². The number of para-hydroxylation sites is 1. The van der Waals surface area contributed by atoms with Gasteiger partial charge in [-0.2, -0.15) is 8.78 Å². The lowest BCUT2D eigenvalue weighted by atomic mass is 10.1. The van der Waals surface area contributed by atoms with Crippen molar-refractivity contribution in [3.05, 3.63) is 29.8 Å². The lowest BCUT2D eigenvalue weighted by Gasteiger charge is -2.18. The standard InChI is InChI=1S/C13H17F2NO3/c1-9(16-12(18)7-4-8-17)10-5-2-3-6-11(10)19-13(14)15/h2-3,5-6,9,13,17H,4,7-8H2,1H3,(H,16,18). The Kier molecular flexibility index (Phi) is 6.21. The molecule has 2 N–H and O–H groups in total. The second-order valence-electron chi connectivity index (χ2n) is 4.03. The summed E-state index contributed by atoms with van der Waals surface area (Å²) in [6.45, 7) is -1.28. The Morgan fingerprint density at radius 1 is 1.42 bits per heavy atom. The minimum Gasteiger partial charge on any atom is -0.434 e. The second kappa shape index (κ2) is 7.68. The van der Waals surface area contributed by atoms with Gasteiger partial charge in [0.25, 0.3) is 0 Å². The van der Waals surface area contributed by atoms with E-state index in [1.54, 1.807) is 25.1 Å². The van der Waals surface area contributed by atoms with Gasteiger partial charge in [-0.15, -0.1) is 0 Å². The molecule has 0 fully saturated rings. The number of hydrogen-bond acceptors (Lipinski definition) is 3. The van der Waals surface area contributed by atoms with Crippen LogP contribution in [0.1, 0.15) is 31.4 Å². The van der Waals surface area contributed by atoms with E-state index in [4.69, 9.17) is 5.11 Å². The molecule has 1 aromatic carbocycles. The molecule has 1 atom stereocenters. The highest BCUT2D eigenvalue weighted by Crippen LogP contribution is 2.26. The average molecular weight is 273 g/mol. The molecule has 1 unspecified atom stereocenters. The maximum atomic E-state index is 12.3. The van der Waals surface area contributed by atoms with Crippen molar-refractivity contribution in [1.82, 2.24) is 5.32 Å². The third kappa shape index (κ3) is 5.21. The van der Waals surface area contributed by atoms with Gasteiger partial charge in [-0.1, -0.05) is 18.2 Å². The Labute approximate surface area is 110 Å². The number of benzene rings is 1. The molecular formula is C13H17F2NO3. The number of nitrogens with one attached hydrogen (secondary N) is 1. The molecule has 1 rings (SSSR count). The van der Waals surface area contributed by atoms with Crippen molar-refractivity contribution < 1.29 is 23.4 Å². The van der Waals surface area contributed by atoms with Crippen LogP contribution < -0.4 is 10.1 Å². The van der Waals surface area contributed by atoms with Crippen molar-refractivity contribution in [2.45, 2.75) is 32.4 Å². The smallest absolute Gasteiger partial charge is 0.387 e. The third-order valence-electron chi connectivity index (χ3n) is 2.54. The minimum absolute atomic E-state index is 0.0486. The molecule has 0 aliphatic rings. The molecule has 4 nitrogen and oxygen atoms in total. The predicted molar refractivity (Wildman–Crippen MR) is 66.0 cm³/mol. The fraction of sp³-hybridized carbons (Fsp3) is 0.462. The quantitative estimate of drug-likeness (QED) is 0.801. The average Bonchev–Trinajstić information content (AvgIpc) is 2.36. The Bertz CT molecular complexity index is 413. The van der Waals surface area contributed by atoms with Crippen LogP contribution in [-0.2, 0) is 4.79 Å². The SMILES string of the molecule is CC(NC(=O)CCCO)c1ccccc1OC(F)F. The van der Waals surface area contributed by atoms with Crippen molar-refractivity contribution in [2.24, 2.45) is 0 Å². The first kappa shape index (κ1) is 15.4. The zero-order valence-electron chi connectivity index (χ0n) is 10.6. The van der Waals surface area contributed by atoms with Gasteiger partial charge in [-0.3, -0.25) is 4.79 Å². The summed E-state index contributed by atoms with van der Waals surface area (Å²) in [5, 5.41) is 11.3. The van der Waals surface area contributed by atoms with Crippen LogP contribution in [0, 0.1) is 0 Å². The monoisotopic (exact) mass is 273 g/mol. The van der Waals surface area contributed by atoms with Crippen LogP contribution in [0.5, 0.6) is 5.75 Å². The maximum absolute atomic E-state index is 12.3. The van der Waals surface area contributed by atoms with Gasteiger partial charge in [0.15, 0.2) is 0 Å². The summed E-state index contributed by atoms with van der Waals surface area (Å²) in [6.07, 6.45) is 0.562. The van der Waals surface area contributed by atoms with Crippen molar-refractivity contribution >= 4 is 5.91 Å². The zero-order valence-corrected chi connectivity index (χ0v) is 10.6. The molecule has 1 amide bonds. The van der Waals surface area contributed by atoms with Crippen LogP contribution in [0.3, 0.4) is 0 Å². The summed E-state index contributed by atoms with van der Waals surface area (Å²) >= 11 is 0. The summed E-state index contributed by atoms with van der Waals surface area (Å²) in [5.41, 5.74) is 0.486. The number of alkyl halides is 2. The summed E-state index contributed by atoms with van der Waals surface area (Å²) in [6, 6.07) is 5.87. The largest absolute Gasteiger partial charge is 0.434 e. The molecule has 0 radical (unpaired) electrons. The number of ether oxygens (including phenoxy) is 1. The van der Waals surface area contributed by atoms with Crippen molar-refractivity contribution in [2.75, 3.05) is 6.61 Å². The number of amides is 1. The first-order valence-electron chi connectivity index (χ1n) is 5.98. The van der Waals surface area contributed by atoms with Gasteiger partial charge in [0.05, 0.1) is 6.04 Å². The Balaban J connectivity index is 2.70. The van der Waals surface area contributed by atoms with Crippen molar-refractivity contribution in [3.63, 3.8) is 0 Å². The van der Waals surface area contributed by atoms with E-state index in [0.29, 0.717) is 12.0 Å². The maximum Gasteiger partial charge on any atom is 0.387 e. The van der Waals surface area contributed by atoms with Gasteiger partial charge >= 0.3 is 6.61 Å². The number of carbonyl (C=O) groups is 1. The molecule has 1 aromatic rings. The van der Waals surface area contributed by atoms with E-state index in [2.05, 4.69) is 10.1 Å². The molecule has 0 aromatic heterocycles. The summed E-state index contributed by atoms with van der Waals surface area (Å²) in [5.74, 6) is -0.194. The fourth-order valence-corrected chi connectivity index (χ4v) is 1.67. The Morgan fingerprint density at radius 3 is 2.74 bits per heavy atom. The minimum atomic E-state index is -2.90. The van der Waals surface area contributed by atoms with E-state index in [1.165, 1.54) is 6.07 Å². The number of halogens is 2. The highest BCUT2D eigenvalue weighted by molar-refractivity contribution is 5.76. The van der Waals surface area contributed by atoms with Gasteiger partial charge < -0.3 is 15.2 Å². The van der Waals surface area contributed by atoms with Gasteiger partial charge in [0, 0.05) is 18.6 Å². The van der Waals surface area contributed by atoms with Crippen LogP contribution in [0.25, 0.3) is 0 Å². The number of hydrogen-bond donors (Lipinski definition) is 2. The van der Waals surface area contributed by atoms with Crippen LogP contribution in [0.15, 0.2) is 24.3 Å². The molecule has 0 saturated carbocycles. The number of aliphatic hydroxyl groups excluding tert-OH is 1. The third-order valence-corrected chi connectivity index (χ3v) is 2.54. The summed E-state index contributed by atoms with van der Waals surface area (Å²) < 4.78 is 28.9. The molecular weight excluding hydrogens is 256 g/mol. The Morgan fingerprint density at radius 2 is 2.11 bits per heavy atom. The summed E-state index contributed by atoms with van der Waals surface area (Å²) in [4.78, 5) is 11.5. The number of rotatable bonds is 7. The number of carbonyl (C=O) groups excluding carboxylic acids is 1. The molecule has 0 spiro atoms. The molecule has 106 valence electrons. The van der Waals surface area contributed by atoms with E-state index in [0.717, 1.165) is 0 Å². The van der Waals surface area contributed by atoms with E-state index in [9.17, 15) is 13.6 Å². The van der Waals surface area contributed by atoms with Crippen LogP contribution >= 0.6 is 0 Å². The molecule has 0 bridgehead atoms. The fourth-order valence-electron chi connectivity index (χ4n) is 1.67. The van der Waals surface area contributed by atoms with Gasteiger partial charge in [0.2, 0.25) is 5.91 Å². The van der Waals surface area contributed by atoms with Crippen LogP contribution in [0.4, 0.5) is 8.78 Å². The molecule has 6 heteroatoms. The highest BCUT2D eigenvalue weighted by Gasteiger charge is 2.15. The van der Waals surface area contributed by atoms with Gasteiger partial charge in [0.1, 0.15) is 5.75 Å². The van der Waals surface area contributed by atoms with Crippen LogP contribution in [0.2, 0.25) is 0 Å². The normalized spacial score (nSPS) is 12.3. The first-order chi connectivity index (χ1) is 9.04. The second-order valence-corrected chi connectivity index (χ2v) is 4.03. The van der Waals surface area contributed by atoms with Crippen molar-refractivity contribution in [3.8, 4) is 5.75 Å². The molecule has 0 saturated heterocycles. The van der Waals surface area contributed by atoms with E-state index < -0.39 is 12.7 Å². The van der Waals surface area contributed by atoms with E-state index in [-0.39, 0.29) is 24.7 Å². The molecule has 0 aliphatic heterocycles. The van der Waals surface area contributed by atoms with Crippen molar-refractivity contribution in [1.29, 1.82) is 0 Å². The zero-order chi connectivity index (χ0) is 14.3. The predicted octanol–water partition coefficient (Wildman–Crippen LogP) is 2.24. The highest BCUT2D eigenvalue weighted by atomic mass is 19.3. The van der Waals surface area contributed by atoms with Gasteiger partial charge in [-0.25, -0.2) is 0 Å². The molecule has 0 heterocycles. The molecule has 19 heavy (non-hydrogen) atoms. The topological polar surface area (TPSA) is 58.6 Å². The lowest BCUT2D eigenvalue weighted by molar-refractivity contribution is -0.122. The Hall–Kier alpha value is -1.69. The van der Waals surface area contributed by atoms with E-state index in [1.807, 2.05) is 0 Å².